The van der Waals surface area contributed by atoms with E-state index in [-0.39, 0.29) is 5.82 Å². The molecule has 1 aliphatic carbocycles. The van der Waals surface area contributed by atoms with E-state index in [4.69, 9.17) is 5.73 Å². The summed E-state index contributed by atoms with van der Waals surface area (Å²) in [5.74, 6) is -0.188. The second-order valence-electron chi connectivity index (χ2n) is 3.52. The number of rotatable bonds is 1. The molecule has 1 nitrogen and oxygen atoms in total. The maximum Gasteiger partial charge on any atom is 0.123 e. The van der Waals surface area contributed by atoms with Crippen molar-refractivity contribution in [3.63, 3.8) is 0 Å². The second-order valence-corrected chi connectivity index (χ2v) is 3.52. The lowest BCUT2D eigenvalue weighted by Gasteiger charge is -2.25. The van der Waals surface area contributed by atoms with E-state index in [1.807, 2.05) is 0 Å². The van der Waals surface area contributed by atoms with Crippen molar-refractivity contribution >= 4 is 6.08 Å². The molecule has 0 unspecified atom stereocenters. The topological polar surface area (TPSA) is 26.0 Å². The zero-order valence-electron chi connectivity index (χ0n) is 7.33. The van der Waals surface area contributed by atoms with Gasteiger partial charge in [-0.05, 0) is 30.5 Å². The quantitative estimate of drug-likeness (QED) is 0.700. The predicted molar refractivity (Wildman–Crippen MR) is 51.6 cm³/mol. The Hall–Kier alpha value is -1.15. The van der Waals surface area contributed by atoms with Gasteiger partial charge in [0.2, 0.25) is 0 Å². The van der Waals surface area contributed by atoms with Crippen molar-refractivity contribution in [2.45, 2.75) is 18.9 Å². The molecule has 0 spiro atoms. The molecule has 2 N–H and O–H groups in total. The average Bonchev–Trinajstić information content (AvgIpc) is 2.06. The van der Waals surface area contributed by atoms with Gasteiger partial charge in [-0.15, -0.1) is 0 Å². The van der Waals surface area contributed by atoms with Gasteiger partial charge in [-0.25, -0.2) is 4.39 Å². The molecule has 0 bridgehead atoms. The summed E-state index contributed by atoms with van der Waals surface area (Å²) >= 11 is 0. The second kappa shape index (κ2) is 3.30. The van der Waals surface area contributed by atoms with Gasteiger partial charge in [0.1, 0.15) is 5.82 Å². The van der Waals surface area contributed by atoms with Gasteiger partial charge in [-0.3, -0.25) is 0 Å². The van der Waals surface area contributed by atoms with Crippen molar-refractivity contribution in [1.82, 2.24) is 0 Å². The van der Waals surface area contributed by atoms with Gasteiger partial charge >= 0.3 is 0 Å². The molecule has 1 fully saturated rings. The van der Waals surface area contributed by atoms with Crippen LogP contribution in [-0.2, 0) is 0 Å². The number of hydrogen-bond donors (Lipinski definition) is 1. The molecule has 1 aromatic rings. The minimum Gasteiger partial charge on any atom is -0.327 e. The van der Waals surface area contributed by atoms with Crippen LogP contribution in [0.4, 0.5) is 4.39 Å². The molecule has 13 heavy (non-hydrogen) atoms. The molecule has 1 saturated carbocycles. The highest BCUT2D eigenvalue weighted by Gasteiger charge is 2.17. The lowest BCUT2D eigenvalue weighted by atomic mass is 9.86. The van der Waals surface area contributed by atoms with Crippen molar-refractivity contribution in [3.05, 3.63) is 41.2 Å². The van der Waals surface area contributed by atoms with E-state index in [9.17, 15) is 4.39 Å². The molecule has 0 atom stereocenters. The Kier molecular flexibility index (Phi) is 2.15. The highest BCUT2D eigenvalue weighted by atomic mass is 19.1. The van der Waals surface area contributed by atoms with E-state index in [2.05, 4.69) is 6.08 Å². The van der Waals surface area contributed by atoms with Crippen LogP contribution in [0.3, 0.4) is 0 Å². The summed E-state index contributed by atoms with van der Waals surface area (Å²) in [5, 5.41) is 0. The Bertz CT molecular complexity index is 318. The standard InChI is InChI=1S/C11H12FN/c12-10-3-1-8(2-4-10)5-9-6-11(13)7-9/h1-5,11H,6-7,13H2. The molecule has 2 rings (SSSR count). The average molecular weight is 177 g/mol. The van der Waals surface area contributed by atoms with Gasteiger partial charge in [-0.1, -0.05) is 23.8 Å². The predicted octanol–water partition coefficient (Wildman–Crippen LogP) is 2.33. The summed E-state index contributed by atoms with van der Waals surface area (Å²) in [6, 6.07) is 6.86. The molecule has 0 saturated heterocycles. The minimum absolute atomic E-state index is 0.188. The first kappa shape index (κ1) is 8.45. The van der Waals surface area contributed by atoms with Crippen LogP contribution in [-0.4, -0.2) is 6.04 Å². The molecule has 1 aliphatic rings. The van der Waals surface area contributed by atoms with Gasteiger partial charge in [0.25, 0.3) is 0 Å². The van der Waals surface area contributed by atoms with Crippen LogP contribution < -0.4 is 5.73 Å². The summed E-state index contributed by atoms with van der Waals surface area (Å²) in [4.78, 5) is 0. The van der Waals surface area contributed by atoms with Gasteiger partial charge in [0.05, 0.1) is 0 Å². The summed E-state index contributed by atoms with van der Waals surface area (Å²) < 4.78 is 12.5. The van der Waals surface area contributed by atoms with E-state index >= 15 is 0 Å². The van der Waals surface area contributed by atoms with E-state index in [1.165, 1.54) is 17.7 Å². The monoisotopic (exact) mass is 177 g/mol. The lowest BCUT2D eigenvalue weighted by molar-refractivity contribution is 0.547. The number of nitrogens with two attached hydrogens (primary N) is 1. The third-order valence-electron chi connectivity index (χ3n) is 2.29. The van der Waals surface area contributed by atoms with Crippen LogP contribution in [0.5, 0.6) is 0 Å². The first-order valence-electron chi connectivity index (χ1n) is 4.44. The molecule has 68 valence electrons. The Morgan fingerprint density at radius 2 is 1.85 bits per heavy atom. The summed E-state index contributed by atoms with van der Waals surface area (Å²) in [6.07, 6.45) is 4.05. The van der Waals surface area contributed by atoms with Gasteiger partial charge in [-0.2, -0.15) is 0 Å². The molecular formula is C11H12FN. The number of halogens is 1. The summed E-state index contributed by atoms with van der Waals surface area (Å²) in [5.41, 5.74) is 8.06. The van der Waals surface area contributed by atoms with Gasteiger partial charge < -0.3 is 5.73 Å². The van der Waals surface area contributed by atoms with E-state index in [0.717, 1.165) is 18.4 Å². The molecule has 1 aromatic carbocycles. The van der Waals surface area contributed by atoms with Crippen LogP contribution in [0.2, 0.25) is 0 Å². The third-order valence-corrected chi connectivity index (χ3v) is 2.29. The zero-order valence-corrected chi connectivity index (χ0v) is 7.33. The fourth-order valence-electron chi connectivity index (χ4n) is 1.53. The molecular weight excluding hydrogens is 165 g/mol. The molecule has 2 heteroatoms. The van der Waals surface area contributed by atoms with Crippen molar-refractivity contribution < 1.29 is 4.39 Å². The van der Waals surface area contributed by atoms with Crippen LogP contribution in [0.15, 0.2) is 29.8 Å². The molecule has 0 radical (unpaired) electrons. The Morgan fingerprint density at radius 3 is 2.38 bits per heavy atom. The van der Waals surface area contributed by atoms with E-state index in [1.54, 1.807) is 12.1 Å². The van der Waals surface area contributed by atoms with Gasteiger partial charge in [0.15, 0.2) is 0 Å². The van der Waals surface area contributed by atoms with Crippen LogP contribution in [0, 0.1) is 5.82 Å². The molecule has 0 heterocycles. The van der Waals surface area contributed by atoms with Crippen LogP contribution in [0.25, 0.3) is 6.08 Å². The Labute approximate surface area is 77.1 Å². The Morgan fingerprint density at radius 1 is 1.23 bits per heavy atom. The third kappa shape index (κ3) is 1.95. The van der Waals surface area contributed by atoms with Crippen molar-refractivity contribution in [1.29, 1.82) is 0 Å². The highest BCUT2D eigenvalue weighted by Crippen LogP contribution is 2.26. The van der Waals surface area contributed by atoms with Crippen molar-refractivity contribution in [3.8, 4) is 0 Å². The number of benzene rings is 1. The fraction of sp³-hybridized carbons (Fsp3) is 0.273. The number of hydrogen-bond acceptors (Lipinski definition) is 1. The zero-order chi connectivity index (χ0) is 9.26. The summed E-state index contributed by atoms with van der Waals surface area (Å²) in [6.45, 7) is 0. The maximum absolute atomic E-state index is 12.5. The molecule has 0 aliphatic heterocycles. The summed E-state index contributed by atoms with van der Waals surface area (Å²) in [7, 11) is 0. The first-order chi connectivity index (χ1) is 6.24. The maximum atomic E-state index is 12.5. The van der Waals surface area contributed by atoms with Crippen LogP contribution >= 0.6 is 0 Å². The first-order valence-corrected chi connectivity index (χ1v) is 4.44. The fourth-order valence-corrected chi connectivity index (χ4v) is 1.53. The van der Waals surface area contributed by atoms with Crippen molar-refractivity contribution in [2.24, 2.45) is 5.73 Å². The smallest absolute Gasteiger partial charge is 0.123 e. The normalized spacial score (nSPS) is 21.1. The van der Waals surface area contributed by atoms with Crippen molar-refractivity contribution in [2.75, 3.05) is 0 Å². The minimum atomic E-state index is -0.188. The van der Waals surface area contributed by atoms with Crippen LogP contribution in [0.1, 0.15) is 18.4 Å². The van der Waals surface area contributed by atoms with E-state index in [0.29, 0.717) is 6.04 Å². The molecule has 0 amide bonds. The highest BCUT2D eigenvalue weighted by molar-refractivity contribution is 5.54. The Balaban J connectivity index is 2.10. The van der Waals surface area contributed by atoms with Gasteiger partial charge in [0, 0.05) is 6.04 Å². The van der Waals surface area contributed by atoms with E-state index < -0.39 is 0 Å². The largest absolute Gasteiger partial charge is 0.327 e. The molecule has 0 aromatic heterocycles. The lowest BCUT2D eigenvalue weighted by Crippen LogP contribution is -2.29. The SMILES string of the molecule is NC1CC(=Cc2ccc(F)cc2)C1.